The molecule has 3 unspecified atom stereocenters. The maximum atomic E-state index is 12.3. The Hall–Kier alpha value is -1.40. The van der Waals surface area contributed by atoms with E-state index in [1.165, 1.54) is 64.2 Å². The van der Waals surface area contributed by atoms with Crippen molar-refractivity contribution in [2.45, 2.75) is 117 Å². The van der Waals surface area contributed by atoms with Gasteiger partial charge < -0.3 is 19.3 Å². The molecule has 0 radical (unpaired) electrons. The second kappa shape index (κ2) is 16.5. The minimum atomic E-state index is -0.957. The summed E-state index contributed by atoms with van der Waals surface area (Å²) >= 11 is 0. The van der Waals surface area contributed by atoms with Crippen molar-refractivity contribution >= 4 is 11.9 Å². The molecule has 2 rings (SSSR count). The second-order valence-electron chi connectivity index (χ2n) is 12.5. The Morgan fingerprint density at radius 1 is 0.946 bits per heavy atom. The highest BCUT2D eigenvalue weighted by molar-refractivity contribution is 5.86. The molecule has 2 fully saturated rings. The predicted octanol–water partition coefficient (Wildman–Crippen LogP) is 6.64. The van der Waals surface area contributed by atoms with Gasteiger partial charge in [0.2, 0.25) is 0 Å². The molecule has 2 aliphatic rings. The van der Waals surface area contributed by atoms with E-state index in [0.717, 1.165) is 31.3 Å². The minimum Gasteiger partial charge on any atom is -0.465 e. The number of carbonyl (C=O) groups is 2. The number of hydrogen-bond acceptors (Lipinski definition) is 6. The van der Waals surface area contributed by atoms with Crippen LogP contribution in [0.2, 0.25) is 0 Å². The minimum absolute atomic E-state index is 0.0768. The van der Waals surface area contributed by atoms with Crippen LogP contribution < -0.4 is 0 Å². The lowest BCUT2D eigenvalue weighted by atomic mass is 9.77. The highest BCUT2D eigenvalue weighted by Crippen LogP contribution is 2.36. The van der Waals surface area contributed by atoms with E-state index in [4.69, 9.17) is 14.2 Å². The smallest absolute Gasteiger partial charge is 0.333 e. The lowest BCUT2D eigenvalue weighted by molar-refractivity contribution is -0.159. The number of carbonyl (C=O) groups excluding carboxylic acids is 2. The summed E-state index contributed by atoms with van der Waals surface area (Å²) in [5.41, 5.74) is -0.610. The molecule has 37 heavy (non-hydrogen) atoms. The van der Waals surface area contributed by atoms with Gasteiger partial charge in [-0.1, -0.05) is 71.3 Å². The van der Waals surface area contributed by atoms with E-state index in [1.807, 2.05) is 0 Å². The summed E-state index contributed by atoms with van der Waals surface area (Å²) in [6.45, 7) is 11.6. The van der Waals surface area contributed by atoms with Crippen LogP contribution in [0, 0.1) is 29.1 Å². The molecule has 1 saturated carbocycles. The monoisotopic (exact) mass is 522 g/mol. The third-order valence-electron chi connectivity index (χ3n) is 8.42. The van der Waals surface area contributed by atoms with Crippen LogP contribution in [-0.4, -0.2) is 49.6 Å². The number of esters is 2. The molecule has 6 nitrogen and oxygen atoms in total. The van der Waals surface area contributed by atoms with Gasteiger partial charge in [-0.15, -0.1) is 0 Å². The largest absolute Gasteiger partial charge is 0.465 e. The fourth-order valence-electron chi connectivity index (χ4n) is 5.56. The Morgan fingerprint density at radius 2 is 1.54 bits per heavy atom. The molecule has 1 heterocycles. The van der Waals surface area contributed by atoms with Crippen molar-refractivity contribution in [2.75, 3.05) is 26.4 Å². The van der Waals surface area contributed by atoms with Crippen LogP contribution >= 0.6 is 0 Å². The molecule has 0 aromatic rings. The van der Waals surface area contributed by atoms with Gasteiger partial charge in [0.05, 0.1) is 31.3 Å². The molecular formula is C31H54O6. The third-order valence-corrected chi connectivity index (χ3v) is 8.42. The van der Waals surface area contributed by atoms with Crippen molar-refractivity contribution in [2.24, 2.45) is 29.1 Å². The van der Waals surface area contributed by atoms with Crippen molar-refractivity contribution < 1.29 is 28.9 Å². The molecule has 0 aromatic carbocycles. The Balaban J connectivity index is 1.72. The van der Waals surface area contributed by atoms with Gasteiger partial charge >= 0.3 is 11.9 Å². The topological polar surface area (TPSA) is 82.1 Å². The number of hydrogen-bond donors (Lipinski definition) is 1. The highest BCUT2D eigenvalue weighted by atomic mass is 16.5. The summed E-state index contributed by atoms with van der Waals surface area (Å²) < 4.78 is 17.1. The molecule has 1 aliphatic heterocycles. The average Bonchev–Trinajstić information content (AvgIpc) is 2.90. The zero-order chi connectivity index (χ0) is 27.3. The summed E-state index contributed by atoms with van der Waals surface area (Å²) in [5.74, 6) is 1.44. The first-order valence-electron chi connectivity index (χ1n) is 14.9. The Morgan fingerprint density at radius 3 is 2.11 bits per heavy atom. The molecule has 0 amide bonds. The zero-order valence-corrected chi connectivity index (χ0v) is 24.1. The van der Waals surface area contributed by atoms with E-state index in [-0.39, 0.29) is 31.8 Å². The van der Waals surface area contributed by atoms with Gasteiger partial charge in [0, 0.05) is 18.1 Å². The molecule has 0 spiro atoms. The number of aliphatic hydroxyl groups excluding tert-OH is 1. The van der Waals surface area contributed by atoms with Gasteiger partial charge in [-0.05, 0) is 64.2 Å². The maximum absolute atomic E-state index is 12.3. The third kappa shape index (κ3) is 11.9. The van der Waals surface area contributed by atoms with E-state index in [2.05, 4.69) is 13.5 Å². The van der Waals surface area contributed by atoms with Crippen molar-refractivity contribution in [1.82, 2.24) is 0 Å². The second-order valence-corrected chi connectivity index (χ2v) is 12.5. The maximum Gasteiger partial charge on any atom is 0.333 e. The lowest BCUT2D eigenvalue weighted by Gasteiger charge is -2.33. The van der Waals surface area contributed by atoms with Crippen LogP contribution in [0.3, 0.4) is 0 Å². The molecule has 1 N–H and O–H groups in total. The highest BCUT2D eigenvalue weighted by Gasteiger charge is 2.31. The summed E-state index contributed by atoms with van der Waals surface area (Å²) in [4.78, 5) is 24.2. The summed E-state index contributed by atoms with van der Waals surface area (Å²) in [6.07, 6.45) is 16.7. The first kappa shape index (κ1) is 31.8. The molecule has 0 bridgehead atoms. The van der Waals surface area contributed by atoms with Crippen molar-refractivity contribution in [3.8, 4) is 0 Å². The van der Waals surface area contributed by atoms with Gasteiger partial charge in [-0.3, -0.25) is 4.79 Å². The summed E-state index contributed by atoms with van der Waals surface area (Å²) in [5, 5.41) is 9.43. The Bertz CT molecular complexity index is 686. The van der Waals surface area contributed by atoms with Gasteiger partial charge in [-0.25, -0.2) is 4.79 Å². The van der Waals surface area contributed by atoms with E-state index in [1.54, 1.807) is 20.8 Å². The van der Waals surface area contributed by atoms with E-state index >= 15 is 0 Å². The lowest BCUT2D eigenvalue weighted by Crippen LogP contribution is -2.34. The first-order chi connectivity index (χ1) is 17.6. The van der Waals surface area contributed by atoms with Crippen LogP contribution in [0.15, 0.2) is 12.2 Å². The predicted molar refractivity (Wildman–Crippen MR) is 147 cm³/mol. The summed E-state index contributed by atoms with van der Waals surface area (Å²) in [6, 6.07) is 0. The van der Waals surface area contributed by atoms with Crippen LogP contribution in [0.5, 0.6) is 0 Å². The number of unbranched alkanes of at least 4 members (excludes halogenated alkanes) is 2. The number of rotatable bonds is 16. The fraction of sp³-hybridized carbons (Fsp3) is 0.871. The van der Waals surface area contributed by atoms with Gasteiger partial charge in [0.15, 0.2) is 0 Å². The molecular weight excluding hydrogens is 468 g/mol. The van der Waals surface area contributed by atoms with Crippen LogP contribution in [0.25, 0.3) is 0 Å². The quantitative estimate of drug-likeness (QED) is 0.139. The fourth-order valence-corrected chi connectivity index (χ4v) is 5.56. The van der Waals surface area contributed by atoms with Crippen LogP contribution in [0.4, 0.5) is 0 Å². The number of aliphatic hydroxyl groups is 1. The first-order valence-corrected chi connectivity index (χ1v) is 14.9. The summed E-state index contributed by atoms with van der Waals surface area (Å²) in [7, 11) is 0. The molecule has 1 aliphatic carbocycles. The standard InChI is InChI=1S/C31H54O6/c1-6-7-8-9-24-10-12-25(13-11-24)14-15-26-16-17-28(35-19-26)18-27(20-36-29(33)23(2)3)21-37-30(34)31(4,5)22-32/h24-28,32H,2,6-22H2,1,3-5H3. The van der Waals surface area contributed by atoms with Crippen LogP contribution in [0.1, 0.15) is 111 Å². The molecule has 214 valence electrons. The van der Waals surface area contributed by atoms with E-state index in [9.17, 15) is 14.7 Å². The average molecular weight is 523 g/mol. The molecule has 1 saturated heterocycles. The van der Waals surface area contributed by atoms with Gasteiger partial charge in [-0.2, -0.15) is 0 Å². The van der Waals surface area contributed by atoms with Gasteiger partial charge in [0.25, 0.3) is 0 Å². The van der Waals surface area contributed by atoms with Crippen molar-refractivity contribution in [1.29, 1.82) is 0 Å². The Labute approximate surface area is 225 Å². The van der Waals surface area contributed by atoms with Crippen molar-refractivity contribution in [3.05, 3.63) is 12.2 Å². The normalized spacial score (nSPS) is 25.3. The van der Waals surface area contributed by atoms with E-state index < -0.39 is 17.4 Å². The molecule has 6 heteroatoms. The van der Waals surface area contributed by atoms with Gasteiger partial charge in [0.1, 0.15) is 0 Å². The zero-order valence-electron chi connectivity index (χ0n) is 24.1. The van der Waals surface area contributed by atoms with Crippen LogP contribution in [-0.2, 0) is 23.8 Å². The Kier molecular flexibility index (Phi) is 14.2. The molecule has 0 aromatic heterocycles. The van der Waals surface area contributed by atoms with Crippen molar-refractivity contribution in [3.63, 3.8) is 0 Å². The van der Waals surface area contributed by atoms with E-state index in [0.29, 0.717) is 17.9 Å². The SMILES string of the molecule is C=C(C)C(=O)OCC(COC(=O)C(C)(C)CO)CC1CCC(CCC2CCC(CCCCC)CC2)CO1. The number of ether oxygens (including phenoxy) is 3. The molecule has 3 atom stereocenters.